The molecule has 1 aromatic carbocycles. The van der Waals surface area contributed by atoms with Crippen LogP contribution in [0, 0.1) is 6.92 Å². The summed E-state index contributed by atoms with van der Waals surface area (Å²) in [6.45, 7) is 14.2. The van der Waals surface area contributed by atoms with Crippen molar-refractivity contribution < 1.29 is 4.74 Å². The topological polar surface area (TPSA) is 21.3 Å². The first kappa shape index (κ1) is 15.4. The maximum Gasteiger partial charge on any atom is 0.128 e. The van der Waals surface area contributed by atoms with Gasteiger partial charge in [0.15, 0.2) is 0 Å². The minimum Gasteiger partial charge on any atom is -0.493 e. The fourth-order valence-electron chi connectivity index (χ4n) is 3.05. The van der Waals surface area contributed by atoms with Gasteiger partial charge in [0, 0.05) is 17.6 Å². The largest absolute Gasteiger partial charge is 0.493 e. The summed E-state index contributed by atoms with van der Waals surface area (Å²) in [5.41, 5.74) is 4.16. The van der Waals surface area contributed by atoms with Crippen molar-refractivity contribution >= 4 is 0 Å². The highest BCUT2D eigenvalue weighted by Crippen LogP contribution is 2.41. The van der Waals surface area contributed by atoms with Crippen molar-refractivity contribution in [3.63, 3.8) is 0 Å². The highest BCUT2D eigenvalue weighted by molar-refractivity contribution is 5.51. The van der Waals surface area contributed by atoms with Gasteiger partial charge in [-0.2, -0.15) is 0 Å². The van der Waals surface area contributed by atoms with Gasteiger partial charge in [-0.1, -0.05) is 46.8 Å². The van der Waals surface area contributed by atoms with Crippen LogP contribution in [0.3, 0.4) is 0 Å². The standard InChI is InChI=1S/C18H29NO/c1-12(2)19-15-8-7-11-20-17-14(18(4,5)6)10-9-13(3)16(15)17/h9-10,12,15,19H,7-8,11H2,1-6H3. The predicted octanol–water partition coefficient (Wildman–Crippen LogP) is 4.50. The Morgan fingerprint density at radius 2 is 1.95 bits per heavy atom. The molecule has 1 N–H and O–H groups in total. The van der Waals surface area contributed by atoms with Crippen molar-refractivity contribution in [1.29, 1.82) is 0 Å². The average Bonchev–Trinajstić information content (AvgIpc) is 2.50. The predicted molar refractivity (Wildman–Crippen MR) is 85.6 cm³/mol. The van der Waals surface area contributed by atoms with E-state index in [4.69, 9.17) is 4.74 Å². The molecule has 20 heavy (non-hydrogen) atoms. The monoisotopic (exact) mass is 275 g/mol. The van der Waals surface area contributed by atoms with E-state index in [1.807, 2.05) is 0 Å². The third kappa shape index (κ3) is 3.17. The van der Waals surface area contributed by atoms with Crippen molar-refractivity contribution in [2.24, 2.45) is 0 Å². The van der Waals surface area contributed by atoms with Crippen LogP contribution < -0.4 is 10.1 Å². The van der Waals surface area contributed by atoms with Gasteiger partial charge in [-0.25, -0.2) is 0 Å². The zero-order valence-corrected chi connectivity index (χ0v) is 13.8. The second kappa shape index (κ2) is 5.77. The summed E-state index contributed by atoms with van der Waals surface area (Å²) in [6.07, 6.45) is 2.27. The van der Waals surface area contributed by atoms with Gasteiger partial charge >= 0.3 is 0 Å². The summed E-state index contributed by atoms with van der Waals surface area (Å²) in [5.74, 6) is 1.13. The molecule has 0 amide bonds. The first-order valence-electron chi connectivity index (χ1n) is 7.83. The Bertz CT molecular complexity index is 471. The summed E-state index contributed by atoms with van der Waals surface area (Å²) < 4.78 is 6.16. The normalized spacial score (nSPS) is 19.4. The quantitative estimate of drug-likeness (QED) is 0.857. The molecule has 0 aliphatic carbocycles. The molecule has 0 saturated carbocycles. The number of rotatable bonds is 2. The highest BCUT2D eigenvalue weighted by Gasteiger charge is 2.28. The zero-order chi connectivity index (χ0) is 14.9. The van der Waals surface area contributed by atoms with Crippen molar-refractivity contribution in [2.75, 3.05) is 6.61 Å². The third-order valence-corrected chi connectivity index (χ3v) is 3.99. The minimum absolute atomic E-state index is 0.116. The Kier molecular flexibility index (Phi) is 4.43. The number of hydrogen-bond acceptors (Lipinski definition) is 2. The molecule has 1 atom stereocenters. The van der Waals surface area contributed by atoms with Crippen molar-refractivity contribution in [1.82, 2.24) is 5.32 Å². The number of fused-ring (bicyclic) bond motifs is 1. The van der Waals surface area contributed by atoms with E-state index in [0.717, 1.165) is 25.2 Å². The molecule has 2 rings (SSSR count). The smallest absolute Gasteiger partial charge is 0.128 e. The molecular weight excluding hydrogens is 246 g/mol. The van der Waals surface area contributed by atoms with Crippen LogP contribution in [0.25, 0.3) is 0 Å². The van der Waals surface area contributed by atoms with Crippen LogP contribution in [-0.4, -0.2) is 12.6 Å². The molecule has 0 spiro atoms. The van der Waals surface area contributed by atoms with Crippen LogP contribution >= 0.6 is 0 Å². The van der Waals surface area contributed by atoms with E-state index < -0.39 is 0 Å². The van der Waals surface area contributed by atoms with Gasteiger partial charge < -0.3 is 10.1 Å². The molecule has 0 saturated heterocycles. The van der Waals surface area contributed by atoms with Crippen LogP contribution in [0.5, 0.6) is 5.75 Å². The lowest BCUT2D eigenvalue weighted by molar-refractivity contribution is 0.306. The molecule has 0 aromatic heterocycles. The lowest BCUT2D eigenvalue weighted by atomic mass is 9.82. The highest BCUT2D eigenvalue weighted by atomic mass is 16.5. The Morgan fingerprint density at radius 1 is 1.25 bits per heavy atom. The van der Waals surface area contributed by atoms with Gasteiger partial charge in [0.05, 0.1) is 6.61 Å². The molecule has 1 aliphatic rings. The molecule has 0 fully saturated rings. The molecular formula is C18H29NO. The van der Waals surface area contributed by atoms with E-state index in [2.05, 4.69) is 59.0 Å². The van der Waals surface area contributed by atoms with E-state index >= 15 is 0 Å². The van der Waals surface area contributed by atoms with E-state index in [1.165, 1.54) is 16.7 Å². The number of aryl methyl sites for hydroxylation is 1. The summed E-state index contributed by atoms with van der Waals surface area (Å²) in [5, 5.41) is 3.72. The summed E-state index contributed by atoms with van der Waals surface area (Å²) >= 11 is 0. The molecule has 2 heteroatoms. The molecule has 1 heterocycles. The summed E-state index contributed by atoms with van der Waals surface area (Å²) in [4.78, 5) is 0. The van der Waals surface area contributed by atoms with E-state index in [0.29, 0.717) is 12.1 Å². The van der Waals surface area contributed by atoms with Crippen molar-refractivity contribution in [2.45, 2.75) is 71.9 Å². The van der Waals surface area contributed by atoms with Crippen LogP contribution in [0.4, 0.5) is 0 Å². The number of nitrogens with one attached hydrogen (secondary N) is 1. The molecule has 112 valence electrons. The summed E-state index contributed by atoms with van der Waals surface area (Å²) in [6, 6.07) is 5.40. The SMILES string of the molecule is Cc1ccc(C(C)(C)C)c2c1C(NC(C)C)CCCO2. The Hall–Kier alpha value is -1.02. The van der Waals surface area contributed by atoms with Gasteiger partial charge in [-0.15, -0.1) is 0 Å². The fourth-order valence-corrected chi connectivity index (χ4v) is 3.05. The molecule has 1 aromatic rings. The second-order valence-corrected chi connectivity index (χ2v) is 7.29. The lowest BCUT2D eigenvalue weighted by Crippen LogP contribution is -2.28. The molecule has 1 aliphatic heterocycles. The number of hydrogen-bond donors (Lipinski definition) is 1. The minimum atomic E-state index is 0.116. The fraction of sp³-hybridized carbons (Fsp3) is 0.667. The molecule has 0 radical (unpaired) electrons. The van der Waals surface area contributed by atoms with Crippen molar-refractivity contribution in [3.8, 4) is 5.75 Å². The Labute approximate surface area is 123 Å². The number of benzene rings is 1. The maximum atomic E-state index is 6.16. The molecule has 0 bridgehead atoms. The zero-order valence-electron chi connectivity index (χ0n) is 13.8. The lowest BCUT2D eigenvalue weighted by Gasteiger charge is -2.28. The first-order chi connectivity index (χ1) is 9.30. The molecule has 2 nitrogen and oxygen atoms in total. The Balaban J connectivity index is 2.55. The van der Waals surface area contributed by atoms with Crippen molar-refractivity contribution in [3.05, 3.63) is 28.8 Å². The van der Waals surface area contributed by atoms with Gasteiger partial charge in [0.2, 0.25) is 0 Å². The third-order valence-electron chi connectivity index (χ3n) is 3.99. The molecule has 1 unspecified atom stereocenters. The first-order valence-corrected chi connectivity index (χ1v) is 7.83. The van der Waals surface area contributed by atoms with Crippen LogP contribution in [0.1, 0.15) is 70.2 Å². The van der Waals surface area contributed by atoms with E-state index in [9.17, 15) is 0 Å². The van der Waals surface area contributed by atoms with Crippen LogP contribution in [0.2, 0.25) is 0 Å². The van der Waals surface area contributed by atoms with Gasteiger partial charge in [-0.05, 0) is 36.3 Å². The maximum absolute atomic E-state index is 6.16. The Morgan fingerprint density at radius 3 is 2.55 bits per heavy atom. The van der Waals surface area contributed by atoms with Gasteiger partial charge in [-0.3, -0.25) is 0 Å². The average molecular weight is 275 g/mol. The van der Waals surface area contributed by atoms with E-state index in [-0.39, 0.29) is 5.41 Å². The van der Waals surface area contributed by atoms with Gasteiger partial charge in [0.1, 0.15) is 5.75 Å². The summed E-state index contributed by atoms with van der Waals surface area (Å²) in [7, 11) is 0. The van der Waals surface area contributed by atoms with Gasteiger partial charge in [0.25, 0.3) is 0 Å². The second-order valence-electron chi connectivity index (χ2n) is 7.29. The van der Waals surface area contributed by atoms with Crippen LogP contribution in [0.15, 0.2) is 12.1 Å². The van der Waals surface area contributed by atoms with Crippen LogP contribution in [-0.2, 0) is 5.41 Å². The van der Waals surface area contributed by atoms with E-state index in [1.54, 1.807) is 0 Å². The number of ether oxygens (including phenoxy) is 1.